The second kappa shape index (κ2) is 7.50. The molecule has 1 saturated carbocycles. The molecule has 144 valence electrons. The van der Waals surface area contributed by atoms with E-state index in [0.717, 1.165) is 19.5 Å². The van der Waals surface area contributed by atoms with E-state index in [1.165, 1.54) is 6.92 Å². The van der Waals surface area contributed by atoms with Gasteiger partial charge in [-0.1, -0.05) is 0 Å². The third-order valence-corrected chi connectivity index (χ3v) is 3.39. The van der Waals surface area contributed by atoms with Gasteiger partial charge in [0.05, 0.1) is 0 Å². The Morgan fingerprint density at radius 3 is 2.24 bits per heavy atom. The first-order valence-electron chi connectivity index (χ1n) is 6.87. The maximum atomic E-state index is 13.4. The molecule has 0 aliphatic heterocycles. The highest BCUT2D eigenvalue weighted by Gasteiger charge is 2.70. The zero-order valence-corrected chi connectivity index (χ0v) is 13.2. The van der Waals surface area contributed by atoms with Crippen LogP contribution < -0.4 is 11.6 Å². The molecule has 2 unspecified atom stereocenters. The fourth-order valence-electron chi connectivity index (χ4n) is 2.03. The zero-order chi connectivity index (χ0) is 19.6. The topological polar surface area (TPSA) is 76.9 Å². The monoisotopic (exact) mass is 378 g/mol. The second-order valence-corrected chi connectivity index (χ2v) is 5.42. The quantitative estimate of drug-likeness (QED) is 0.235. The second-order valence-electron chi connectivity index (χ2n) is 5.42. The molecular formula is C13H17F7N4O. The molecule has 4 N–H and O–H groups in total. The minimum Gasteiger partial charge on any atom is -0.435 e. The number of nitrogens with zero attached hydrogens (tertiary/aromatic N) is 2. The van der Waals surface area contributed by atoms with Gasteiger partial charge in [0, 0.05) is 25.1 Å². The highest BCUT2D eigenvalue weighted by Crippen LogP contribution is 2.59. The summed E-state index contributed by atoms with van der Waals surface area (Å²) in [7, 11) is 1.14. The fraction of sp³-hybridized carbons (Fsp3) is 0.615. The van der Waals surface area contributed by atoms with Crippen LogP contribution in [0, 0.1) is 11.8 Å². The van der Waals surface area contributed by atoms with Crippen LogP contribution in [0.3, 0.4) is 0 Å². The lowest BCUT2D eigenvalue weighted by Gasteiger charge is -2.22. The van der Waals surface area contributed by atoms with Gasteiger partial charge in [0.15, 0.2) is 11.6 Å². The summed E-state index contributed by atoms with van der Waals surface area (Å²) in [6, 6.07) is 0. The van der Waals surface area contributed by atoms with Gasteiger partial charge in [0.25, 0.3) is 0 Å². The smallest absolute Gasteiger partial charge is 0.435 e. The van der Waals surface area contributed by atoms with Crippen molar-refractivity contribution >= 4 is 6.21 Å². The van der Waals surface area contributed by atoms with E-state index in [-0.39, 0.29) is 0 Å². The van der Waals surface area contributed by atoms with Crippen LogP contribution in [-0.2, 0) is 4.74 Å². The van der Waals surface area contributed by atoms with Gasteiger partial charge in [-0.15, -0.1) is 0 Å². The molecule has 0 aromatic carbocycles. The number of ether oxygens (including phenoxy) is 1. The van der Waals surface area contributed by atoms with Gasteiger partial charge in [-0.2, -0.15) is 30.7 Å². The molecule has 0 aromatic heterocycles. The van der Waals surface area contributed by atoms with E-state index in [1.54, 1.807) is 0 Å². The molecule has 0 spiro atoms. The van der Waals surface area contributed by atoms with Crippen molar-refractivity contribution in [2.75, 3.05) is 7.05 Å². The third-order valence-electron chi connectivity index (χ3n) is 3.39. The van der Waals surface area contributed by atoms with E-state index in [4.69, 9.17) is 11.6 Å². The molecule has 0 heterocycles. The average molecular weight is 378 g/mol. The Labute approximate surface area is 138 Å². The van der Waals surface area contributed by atoms with Crippen LogP contribution in [0.25, 0.3) is 0 Å². The predicted octanol–water partition coefficient (Wildman–Crippen LogP) is 2.97. The summed E-state index contributed by atoms with van der Waals surface area (Å²) in [5.74, 6) is -4.82. The Balaban J connectivity index is 3.26. The molecule has 1 rings (SSSR count). The first-order valence-corrected chi connectivity index (χ1v) is 6.87. The summed E-state index contributed by atoms with van der Waals surface area (Å²) in [4.78, 5) is 3.71. The standard InChI is InChI=1S/C13H17F7N4O/c1-6(4-21)5-23-10(24(2)22)9(25-11(14)15)7-3-8(7)12(16,17)13(18,19)20/h4-5,7-8,11H,3,21-22H2,1-2H3/b6-4?,10-9+,23-5?. The summed E-state index contributed by atoms with van der Waals surface area (Å²) in [6.07, 6.45) is -4.32. The summed E-state index contributed by atoms with van der Waals surface area (Å²) >= 11 is 0. The van der Waals surface area contributed by atoms with Crippen molar-refractivity contribution in [2.24, 2.45) is 28.4 Å². The zero-order valence-electron chi connectivity index (χ0n) is 13.2. The normalized spacial score (nSPS) is 23.1. The maximum absolute atomic E-state index is 13.4. The van der Waals surface area contributed by atoms with Crippen molar-refractivity contribution in [2.45, 2.75) is 32.1 Å². The van der Waals surface area contributed by atoms with E-state index >= 15 is 0 Å². The number of hydrazine groups is 1. The molecule has 0 bridgehead atoms. The highest BCUT2D eigenvalue weighted by atomic mass is 19.4. The number of aliphatic imine (C=N–C) groups is 1. The van der Waals surface area contributed by atoms with Gasteiger partial charge in [0.1, 0.15) is 0 Å². The van der Waals surface area contributed by atoms with Crippen molar-refractivity contribution < 1.29 is 35.5 Å². The molecule has 0 amide bonds. The van der Waals surface area contributed by atoms with Crippen LogP contribution in [-0.4, -0.2) is 37.0 Å². The summed E-state index contributed by atoms with van der Waals surface area (Å²) in [6.45, 7) is -1.96. The van der Waals surface area contributed by atoms with Crippen molar-refractivity contribution in [3.05, 3.63) is 23.4 Å². The lowest BCUT2D eigenvalue weighted by Crippen LogP contribution is -2.39. The summed E-state index contributed by atoms with van der Waals surface area (Å²) in [5.41, 5.74) is 5.57. The van der Waals surface area contributed by atoms with Crippen LogP contribution >= 0.6 is 0 Å². The molecule has 1 aliphatic carbocycles. The van der Waals surface area contributed by atoms with Crippen LogP contribution in [0.5, 0.6) is 0 Å². The average Bonchev–Trinajstić information content (AvgIpc) is 3.24. The largest absolute Gasteiger partial charge is 0.453 e. The number of hydrogen-bond donors (Lipinski definition) is 2. The van der Waals surface area contributed by atoms with Crippen LogP contribution in [0.2, 0.25) is 0 Å². The molecule has 2 atom stereocenters. The summed E-state index contributed by atoms with van der Waals surface area (Å²) in [5, 5.41) is 0.680. The molecule has 0 radical (unpaired) electrons. The Hall–Kier alpha value is -1.98. The van der Waals surface area contributed by atoms with Gasteiger partial charge in [0.2, 0.25) is 0 Å². The third kappa shape index (κ3) is 5.00. The lowest BCUT2D eigenvalue weighted by atomic mass is 10.1. The SMILES string of the molecule is CC(C=N/C(=C(\OC(F)F)C1CC1C(F)(F)C(F)(F)F)N(C)N)=CN. The number of halogens is 7. The van der Waals surface area contributed by atoms with Gasteiger partial charge < -0.3 is 10.5 Å². The Kier molecular flexibility index (Phi) is 6.32. The van der Waals surface area contributed by atoms with Crippen LogP contribution in [0.4, 0.5) is 30.7 Å². The fourth-order valence-corrected chi connectivity index (χ4v) is 2.03. The molecular weight excluding hydrogens is 361 g/mol. The minimum atomic E-state index is -5.81. The predicted molar refractivity (Wildman–Crippen MR) is 75.1 cm³/mol. The lowest BCUT2D eigenvalue weighted by molar-refractivity contribution is -0.292. The highest BCUT2D eigenvalue weighted by molar-refractivity contribution is 5.78. The molecule has 1 fully saturated rings. The van der Waals surface area contributed by atoms with E-state index < -0.39 is 48.5 Å². The van der Waals surface area contributed by atoms with Gasteiger partial charge >= 0.3 is 18.7 Å². The van der Waals surface area contributed by atoms with Crippen molar-refractivity contribution in [1.82, 2.24) is 5.01 Å². The van der Waals surface area contributed by atoms with Crippen LogP contribution in [0.15, 0.2) is 28.3 Å². The number of alkyl halides is 7. The van der Waals surface area contributed by atoms with Gasteiger partial charge in [-0.25, -0.2) is 10.8 Å². The molecule has 12 heteroatoms. The Bertz CT molecular complexity index is 569. The van der Waals surface area contributed by atoms with Gasteiger partial charge in [-0.05, 0) is 25.1 Å². The molecule has 0 saturated heterocycles. The molecule has 5 nitrogen and oxygen atoms in total. The summed E-state index contributed by atoms with van der Waals surface area (Å²) < 4.78 is 93.5. The maximum Gasteiger partial charge on any atom is 0.453 e. The molecule has 1 aliphatic rings. The number of nitrogens with two attached hydrogens (primary N) is 2. The van der Waals surface area contributed by atoms with E-state index in [0.29, 0.717) is 10.6 Å². The first-order chi connectivity index (χ1) is 11.3. The van der Waals surface area contributed by atoms with Crippen molar-refractivity contribution in [1.29, 1.82) is 0 Å². The van der Waals surface area contributed by atoms with Gasteiger partial charge in [-0.3, -0.25) is 5.01 Å². The van der Waals surface area contributed by atoms with Crippen LogP contribution in [0.1, 0.15) is 13.3 Å². The van der Waals surface area contributed by atoms with E-state index in [2.05, 4.69) is 9.73 Å². The molecule has 25 heavy (non-hydrogen) atoms. The molecule has 0 aromatic rings. The van der Waals surface area contributed by atoms with E-state index in [1.807, 2.05) is 0 Å². The Morgan fingerprint density at radius 1 is 1.28 bits per heavy atom. The number of rotatable bonds is 7. The van der Waals surface area contributed by atoms with Crippen molar-refractivity contribution in [3.8, 4) is 0 Å². The van der Waals surface area contributed by atoms with E-state index in [9.17, 15) is 30.7 Å². The first kappa shape index (κ1) is 21.1. The number of allylic oxidation sites excluding steroid dienone is 2. The Morgan fingerprint density at radius 2 is 1.84 bits per heavy atom. The minimum absolute atomic E-state index is 0.365. The number of hydrogen-bond acceptors (Lipinski definition) is 5. The van der Waals surface area contributed by atoms with Crippen molar-refractivity contribution in [3.63, 3.8) is 0 Å².